The van der Waals surface area contributed by atoms with E-state index in [-0.39, 0.29) is 12.6 Å². The molecule has 1 amide bonds. The molecule has 1 heterocycles. The number of aromatic nitrogens is 1. The van der Waals surface area contributed by atoms with Crippen molar-refractivity contribution in [3.63, 3.8) is 0 Å². The van der Waals surface area contributed by atoms with Gasteiger partial charge in [-0.15, -0.1) is 11.3 Å². The van der Waals surface area contributed by atoms with Gasteiger partial charge < -0.3 is 10.0 Å². The summed E-state index contributed by atoms with van der Waals surface area (Å²) in [6.07, 6.45) is 2.00. The van der Waals surface area contributed by atoms with E-state index in [1.807, 2.05) is 6.92 Å². The van der Waals surface area contributed by atoms with Gasteiger partial charge in [-0.2, -0.15) is 0 Å². The van der Waals surface area contributed by atoms with Crippen LogP contribution in [0.15, 0.2) is 30.5 Å². The van der Waals surface area contributed by atoms with Gasteiger partial charge in [0.05, 0.1) is 6.20 Å². The molecule has 0 saturated heterocycles. The Balaban J connectivity index is 2.29. The minimum absolute atomic E-state index is 0.211. The number of benzene rings is 1. The van der Waals surface area contributed by atoms with Gasteiger partial charge in [0.1, 0.15) is 22.2 Å². The van der Waals surface area contributed by atoms with E-state index in [0.29, 0.717) is 21.9 Å². The summed E-state index contributed by atoms with van der Waals surface area (Å²) in [6, 6.07) is 5.98. The standard InChI is InChI=1S/C16H17FN2O3S/c1-3-10(2)19(9-14(20)21)16(22)13-8-18-15(23-13)11-6-4-5-7-12(11)17/h4-8,10H,3,9H2,1-2H3,(H,20,21). The van der Waals surface area contributed by atoms with E-state index in [1.165, 1.54) is 17.2 Å². The lowest BCUT2D eigenvalue weighted by Crippen LogP contribution is -2.41. The van der Waals surface area contributed by atoms with Crippen LogP contribution in [0.4, 0.5) is 4.39 Å². The topological polar surface area (TPSA) is 70.5 Å². The molecule has 0 fully saturated rings. The molecule has 0 spiro atoms. The second kappa shape index (κ2) is 7.32. The van der Waals surface area contributed by atoms with Gasteiger partial charge >= 0.3 is 5.97 Å². The highest BCUT2D eigenvalue weighted by atomic mass is 32.1. The lowest BCUT2D eigenvalue weighted by Gasteiger charge is -2.26. The third-order valence-corrected chi connectivity index (χ3v) is 4.53. The molecule has 5 nitrogen and oxygen atoms in total. The van der Waals surface area contributed by atoms with Gasteiger partial charge in [-0.25, -0.2) is 9.37 Å². The number of carbonyl (C=O) groups is 2. The zero-order valence-corrected chi connectivity index (χ0v) is 13.6. The van der Waals surface area contributed by atoms with Crippen molar-refractivity contribution >= 4 is 23.2 Å². The number of hydrogen-bond donors (Lipinski definition) is 1. The highest BCUT2D eigenvalue weighted by molar-refractivity contribution is 7.16. The fourth-order valence-electron chi connectivity index (χ4n) is 2.07. The molecule has 0 bridgehead atoms. The Labute approximate surface area is 137 Å². The van der Waals surface area contributed by atoms with Crippen molar-refractivity contribution in [2.45, 2.75) is 26.3 Å². The summed E-state index contributed by atoms with van der Waals surface area (Å²) in [7, 11) is 0. The summed E-state index contributed by atoms with van der Waals surface area (Å²) >= 11 is 1.06. The molecule has 0 radical (unpaired) electrons. The smallest absolute Gasteiger partial charge is 0.323 e. The number of halogens is 1. The number of nitrogens with zero attached hydrogens (tertiary/aromatic N) is 2. The second-order valence-corrected chi connectivity index (χ2v) is 6.12. The van der Waals surface area contributed by atoms with Crippen LogP contribution >= 0.6 is 11.3 Å². The molecule has 2 aromatic rings. The number of hydrogen-bond acceptors (Lipinski definition) is 4. The molecule has 7 heteroatoms. The lowest BCUT2D eigenvalue weighted by atomic mass is 10.2. The number of amides is 1. The average molecular weight is 336 g/mol. The van der Waals surface area contributed by atoms with E-state index in [9.17, 15) is 14.0 Å². The van der Waals surface area contributed by atoms with Gasteiger partial charge in [-0.3, -0.25) is 9.59 Å². The monoisotopic (exact) mass is 336 g/mol. The summed E-state index contributed by atoms with van der Waals surface area (Å²) in [4.78, 5) is 29.2. The van der Waals surface area contributed by atoms with Crippen LogP contribution in [0.5, 0.6) is 0 Å². The number of rotatable bonds is 6. The largest absolute Gasteiger partial charge is 0.480 e. The normalized spacial score (nSPS) is 12.0. The molecule has 1 N–H and O–H groups in total. The first-order chi connectivity index (χ1) is 10.9. The summed E-state index contributed by atoms with van der Waals surface area (Å²) in [6.45, 7) is 3.30. The van der Waals surface area contributed by atoms with E-state index in [4.69, 9.17) is 5.11 Å². The number of thiazole rings is 1. The van der Waals surface area contributed by atoms with Crippen LogP contribution in [0.2, 0.25) is 0 Å². The van der Waals surface area contributed by atoms with Gasteiger partial charge in [-0.1, -0.05) is 19.1 Å². The summed E-state index contributed by atoms with van der Waals surface area (Å²) < 4.78 is 13.8. The first kappa shape index (κ1) is 17.1. The van der Waals surface area contributed by atoms with Crippen molar-refractivity contribution in [2.75, 3.05) is 6.54 Å². The van der Waals surface area contributed by atoms with E-state index in [0.717, 1.165) is 11.3 Å². The highest BCUT2D eigenvalue weighted by Gasteiger charge is 2.25. The van der Waals surface area contributed by atoms with Crippen molar-refractivity contribution in [1.29, 1.82) is 0 Å². The Morgan fingerprint density at radius 1 is 1.39 bits per heavy atom. The van der Waals surface area contributed by atoms with E-state index in [2.05, 4.69) is 4.98 Å². The third-order valence-electron chi connectivity index (χ3n) is 3.51. The zero-order chi connectivity index (χ0) is 17.0. The van der Waals surface area contributed by atoms with Crippen LogP contribution in [0.3, 0.4) is 0 Å². The van der Waals surface area contributed by atoms with Crippen molar-refractivity contribution in [1.82, 2.24) is 9.88 Å². The lowest BCUT2D eigenvalue weighted by molar-refractivity contribution is -0.138. The van der Waals surface area contributed by atoms with Crippen molar-refractivity contribution in [3.8, 4) is 10.6 Å². The average Bonchev–Trinajstić information content (AvgIpc) is 3.01. The molecule has 0 aliphatic heterocycles. The van der Waals surface area contributed by atoms with Gasteiger partial charge in [0.15, 0.2) is 0 Å². The van der Waals surface area contributed by atoms with Crippen LogP contribution in [-0.2, 0) is 4.79 Å². The van der Waals surface area contributed by atoms with Crippen LogP contribution in [-0.4, -0.2) is 39.5 Å². The quantitative estimate of drug-likeness (QED) is 0.879. The maximum atomic E-state index is 13.8. The number of carbonyl (C=O) groups excluding carboxylic acids is 1. The van der Waals surface area contributed by atoms with Gasteiger partial charge in [-0.05, 0) is 25.5 Å². The molecular formula is C16H17FN2O3S. The predicted octanol–water partition coefficient (Wildman–Crippen LogP) is 3.27. The molecule has 23 heavy (non-hydrogen) atoms. The number of carboxylic acids is 1. The molecule has 0 aliphatic carbocycles. The Morgan fingerprint density at radius 2 is 2.09 bits per heavy atom. The minimum atomic E-state index is -1.07. The fourth-order valence-corrected chi connectivity index (χ4v) is 2.97. The maximum Gasteiger partial charge on any atom is 0.323 e. The van der Waals surface area contributed by atoms with Crippen molar-refractivity contribution < 1.29 is 19.1 Å². The Kier molecular flexibility index (Phi) is 5.44. The SMILES string of the molecule is CCC(C)N(CC(=O)O)C(=O)c1cnc(-c2ccccc2F)s1. The van der Waals surface area contributed by atoms with Gasteiger partial charge in [0.2, 0.25) is 0 Å². The molecule has 1 unspecified atom stereocenters. The molecule has 122 valence electrons. The van der Waals surface area contributed by atoms with Crippen molar-refractivity contribution in [3.05, 3.63) is 41.2 Å². The Hall–Kier alpha value is -2.28. The molecular weight excluding hydrogens is 319 g/mol. The predicted molar refractivity (Wildman–Crippen MR) is 85.9 cm³/mol. The second-order valence-electron chi connectivity index (χ2n) is 5.09. The number of aliphatic carboxylic acids is 1. The van der Waals surface area contributed by atoms with Gasteiger partial charge in [0.25, 0.3) is 5.91 Å². The fraction of sp³-hybridized carbons (Fsp3) is 0.312. The Morgan fingerprint density at radius 3 is 2.70 bits per heavy atom. The molecule has 1 aromatic carbocycles. The third kappa shape index (κ3) is 3.92. The summed E-state index contributed by atoms with van der Waals surface area (Å²) in [5.74, 6) is -1.88. The van der Waals surface area contributed by atoms with Crippen LogP contribution in [0.25, 0.3) is 10.6 Å². The van der Waals surface area contributed by atoms with Crippen LogP contribution in [0, 0.1) is 5.82 Å². The first-order valence-electron chi connectivity index (χ1n) is 7.17. The Bertz CT molecular complexity index is 717. The van der Waals surface area contributed by atoms with Crippen molar-refractivity contribution in [2.24, 2.45) is 0 Å². The molecule has 2 rings (SSSR count). The molecule has 1 aromatic heterocycles. The summed E-state index contributed by atoms with van der Waals surface area (Å²) in [5.41, 5.74) is 0.324. The molecule has 0 saturated carbocycles. The highest BCUT2D eigenvalue weighted by Crippen LogP contribution is 2.28. The zero-order valence-electron chi connectivity index (χ0n) is 12.8. The van der Waals surface area contributed by atoms with Crippen LogP contribution < -0.4 is 0 Å². The number of carboxylic acid groups (broad SMARTS) is 1. The van der Waals surface area contributed by atoms with E-state index < -0.39 is 17.7 Å². The van der Waals surface area contributed by atoms with E-state index >= 15 is 0 Å². The molecule has 1 atom stereocenters. The summed E-state index contributed by atoms with van der Waals surface area (Å²) in [5, 5.41) is 9.38. The van der Waals surface area contributed by atoms with Gasteiger partial charge in [0, 0.05) is 11.6 Å². The maximum absolute atomic E-state index is 13.8. The van der Waals surface area contributed by atoms with Crippen LogP contribution in [0.1, 0.15) is 29.9 Å². The van der Waals surface area contributed by atoms with E-state index in [1.54, 1.807) is 25.1 Å². The first-order valence-corrected chi connectivity index (χ1v) is 7.99. The molecule has 0 aliphatic rings. The minimum Gasteiger partial charge on any atom is -0.480 e.